The Balaban J connectivity index is 1.37. The van der Waals surface area contributed by atoms with Gasteiger partial charge >= 0.3 is 5.97 Å². The molecule has 0 aromatic carbocycles. The fourth-order valence-corrected chi connectivity index (χ4v) is 7.21. The van der Waals surface area contributed by atoms with Crippen molar-refractivity contribution in [3.8, 4) is 0 Å². The monoisotopic (exact) mass is 494 g/mol. The Morgan fingerprint density at radius 2 is 2.12 bits per heavy atom. The van der Waals surface area contributed by atoms with E-state index in [1.165, 1.54) is 16.7 Å². The first kappa shape index (κ1) is 24.8. The Morgan fingerprint density at radius 3 is 2.74 bits per heavy atom. The number of nitrogens with two attached hydrogens (primary N) is 1. The number of aliphatic hydroxyl groups excluding tert-OH is 1. The Bertz CT molecular complexity index is 925. The first-order valence-electron chi connectivity index (χ1n) is 11.7. The fourth-order valence-electron chi connectivity index (χ4n) is 5.73. The van der Waals surface area contributed by atoms with Crippen LogP contribution >= 0.6 is 11.8 Å². The number of hydrogen-bond donors (Lipinski definition) is 5. The minimum atomic E-state index is -1.13. The van der Waals surface area contributed by atoms with E-state index in [-0.39, 0.29) is 52.6 Å². The molecule has 4 heterocycles. The maximum Gasteiger partial charge on any atom is 0.353 e. The fraction of sp³-hybridized carbons (Fsp3) is 0.727. The van der Waals surface area contributed by atoms with Gasteiger partial charge in [0.25, 0.3) is 0 Å². The highest BCUT2D eigenvalue weighted by molar-refractivity contribution is 8.03. The molecule has 0 spiro atoms. The molecule has 7 atom stereocenters. The maximum absolute atomic E-state index is 13.1. The molecule has 3 saturated heterocycles. The van der Waals surface area contributed by atoms with Crippen molar-refractivity contribution in [3.63, 3.8) is 0 Å². The highest BCUT2D eigenvalue weighted by Crippen LogP contribution is 2.51. The molecule has 4 rings (SSSR count). The number of fused-ring (bicyclic) bond motifs is 1. The minimum absolute atomic E-state index is 0.0156. The molecule has 0 unspecified atom stereocenters. The average Bonchev–Trinajstić information content (AvgIpc) is 3.46. The first-order valence-corrected chi connectivity index (χ1v) is 12.6. The van der Waals surface area contributed by atoms with Gasteiger partial charge in [0.05, 0.1) is 24.1 Å². The third-order valence-corrected chi connectivity index (χ3v) is 9.05. The van der Waals surface area contributed by atoms with Crippen LogP contribution in [-0.4, -0.2) is 105 Å². The van der Waals surface area contributed by atoms with Gasteiger partial charge in [0.1, 0.15) is 5.70 Å². The number of thioether (sulfide) groups is 1. The number of aliphatic carboxylic acids is 1. The predicted octanol–water partition coefficient (Wildman–Crippen LogP) is -0.722. The number of carbonyl (C=O) groups excluding carboxylic acids is 2. The number of likely N-dealkylation sites (tertiary alicyclic amines) is 1. The number of amides is 2. The van der Waals surface area contributed by atoms with Crippen LogP contribution in [0.3, 0.4) is 0 Å². The number of rotatable bonds is 7. The third-order valence-electron chi connectivity index (χ3n) is 7.53. The molecular formula is C22H34N6O5S. The zero-order chi connectivity index (χ0) is 24.9. The number of β-lactam (4-membered cyclic amide) rings is 1. The van der Waals surface area contributed by atoms with Crippen molar-refractivity contribution >= 4 is 35.5 Å². The second kappa shape index (κ2) is 9.38. The van der Waals surface area contributed by atoms with Gasteiger partial charge in [-0.15, -0.1) is 11.8 Å². The summed E-state index contributed by atoms with van der Waals surface area (Å²) < 4.78 is 0. The smallest absolute Gasteiger partial charge is 0.353 e. The van der Waals surface area contributed by atoms with Gasteiger partial charge < -0.3 is 36.0 Å². The molecule has 2 amide bonds. The van der Waals surface area contributed by atoms with Crippen molar-refractivity contribution in [1.82, 2.24) is 20.0 Å². The normalized spacial score (nSPS) is 33.7. The van der Waals surface area contributed by atoms with Crippen molar-refractivity contribution in [2.75, 3.05) is 33.2 Å². The van der Waals surface area contributed by atoms with Gasteiger partial charge in [-0.1, -0.05) is 6.92 Å². The number of guanidine groups is 1. The van der Waals surface area contributed by atoms with E-state index >= 15 is 0 Å². The molecule has 0 aromatic rings. The number of carboxylic acid groups (broad SMARTS) is 1. The van der Waals surface area contributed by atoms with Gasteiger partial charge in [-0.25, -0.2) is 4.79 Å². The molecule has 34 heavy (non-hydrogen) atoms. The molecule has 0 saturated carbocycles. The Kier molecular flexibility index (Phi) is 6.85. The lowest BCUT2D eigenvalue weighted by atomic mass is 9.79. The molecule has 0 radical (unpaired) electrons. The van der Waals surface area contributed by atoms with Crippen LogP contribution in [0.15, 0.2) is 10.6 Å². The summed E-state index contributed by atoms with van der Waals surface area (Å²) in [6, 6.07) is -0.654. The summed E-state index contributed by atoms with van der Waals surface area (Å²) in [5.41, 5.74) is 5.55. The van der Waals surface area contributed by atoms with E-state index < -0.39 is 18.0 Å². The summed E-state index contributed by atoms with van der Waals surface area (Å²) in [4.78, 5) is 43.2. The zero-order valence-corrected chi connectivity index (χ0v) is 20.5. The number of nitrogens with zero attached hydrogens (tertiary/aromatic N) is 3. The van der Waals surface area contributed by atoms with Gasteiger partial charge in [0.2, 0.25) is 11.8 Å². The SMILES string of the molecule is C[C@@H](O)[C@H]1C(=O)N2C(C(=O)O)=C(S[C@@H]3CN[C@H](C(=O)N4CC[C@@H](CN(C)C(=N)N)C4)C3)[C@H](C)[C@H]12. The summed E-state index contributed by atoms with van der Waals surface area (Å²) in [6.07, 6.45) is 0.626. The molecule has 12 heteroatoms. The average molecular weight is 495 g/mol. The number of hydrogen-bond acceptors (Lipinski definition) is 7. The van der Waals surface area contributed by atoms with E-state index in [2.05, 4.69) is 5.32 Å². The summed E-state index contributed by atoms with van der Waals surface area (Å²) in [5, 5.41) is 30.6. The van der Waals surface area contributed by atoms with Gasteiger partial charge in [-0.3, -0.25) is 15.0 Å². The predicted molar refractivity (Wildman–Crippen MR) is 127 cm³/mol. The number of aliphatic hydroxyl groups is 1. The van der Waals surface area contributed by atoms with Gasteiger partial charge in [0, 0.05) is 49.3 Å². The van der Waals surface area contributed by atoms with E-state index in [0.29, 0.717) is 37.5 Å². The molecule has 0 aliphatic carbocycles. The molecule has 4 aliphatic heterocycles. The quantitative estimate of drug-likeness (QED) is 0.174. The molecule has 6 N–H and O–H groups in total. The standard InChI is InChI=1S/C22H34N6O5S/c1-10-16-15(11(2)29)20(31)28(16)17(21(32)33)18(10)34-13-6-14(25-7-13)19(30)27-5-4-12(9-27)8-26(3)22(23)24/h10-16,25,29H,4-9H2,1-3H3,(H3,23,24)(H,32,33)/t10-,11-,12+,13+,14+,15-,16-/m1/s1. The van der Waals surface area contributed by atoms with Crippen LogP contribution in [0, 0.1) is 23.2 Å². The number of nitrogens with one attached hydrogen (secondary N) is 2. The summed E-state index contributed by atoms with van der Waals surface area (Å²) in [6.45, 7) is 6.01. The van der Waals surface area contributed by atoms with Crippen LogP contribution in [0.4, 0.5) is 0 Å². The molecular weight excluding hydrogens is 460 g/mol. The highest BCUT2D eigenvalue weighted by Gasteiger charge is 2.60. The van der Waals surface area contributed by atoms with Crippen molar-refractivity contribution < 1.29 is 24.6 Å². The van der Waals surface area contributed by atoms with Crippen molar-refractivity contribution in [3.05, 3.63) is 10.6 Å². The third kappa shape index (κ3) is 4.27. The highest BCUT2D eigenvalue weighted by atomic mass is 32.2. The van der Waals surface area contributed by atoms with E-state index in [1.807, 2.05) is 11.8 Å². The van der Waals surface area contributed by atoms with Crippen LogP contribution in [0.25, 0.3) is 0 Å². The van der Waals surface area contributed by atoms with E-state index in [9.17, 15) is 24.6 Å². The Labute approximate surface area is 203 Å². The first-order chi connectivity index (χ1) is 16.0. The minimum Gasteiger partial charge on any atom is -0.477 e. The summed E-state index contributed by atoms with van der Waals surface area (Å²) in [5.74, 6) is -1.89. The van der Waals surface area contributed by atoms with Crippen molar-refractivity contribution in [2.45, 2.75) is 50.1 Å². The molecule has 188 valence electrons. The summed E-state index contributed by atoms with van der Waals surface area (Å²) in [7, 11) is 1.77. The Morgan fingerprint density at radius 1 is 1.41 bits per heavy atom. The second-order valence-corrected chi connectivity index (χ2v) is 11.3. The number of carbonyl (C=O) groups is 3. The van der Waals surface area contributed by atoms with E-state index in [0.717, 1.165) is 6.42 Å². The lowest BCUT2D eigenvalue weighted by Crippen LogP contribution is -2.63. The van der Waals surface area contributed by atoms with Crippen LogP contribution in [0.2, 0.25) is 0 Å². The molecule has 0 bridgehead atoms. The van der Waals surface area contributed by atoms with E-state index in [4.69, 9.17) is 11.1 Å². The van der Waals surface area contributed by atoms with Crippen molar-refractivity contribution in [1.29, 1.82) is 5.41 Å². The lowest BCUT2D eigenvalue weighted by molar-refractivity contribution is -0.163. The molecule has 4 aliphatic rings. The van der Waals surface area contributed by atoms with E-state index in [1.54, 1.807) is 18.9 Å². The van der Waals surface area contributed by atoms with Crippen LogP contribution in [0.1, 0.15) is 26.7 Å². The van der Waals surface area contributed by atoms with Gasteiger partial charge in [0.15, 0.2) is 5.96 Å². The van der Waals surface area contributed by atoms with Gasteiger partial charge in [-0.2, -0.15) is 0 Å². The van der Waals surface area contributed by atoms with Gasteiger partial charge in [-0.05, 0) is 25.7 Å². The topological polar surface area (TPSA) is 163 Å². The largest absolute Gasteiger partial charge is 0.477 e. The summed E-state index contributed by atoms with van der Waals surface area (Å²) >= 11 is 1.44. The zero-order valence-electron chi connectivity index (χ0n) is 19.7. The van der Waals surface area contributed by atoms with Crippen LogP contribution in [-0.2, 0) is 14.4 Å². The second-order valence-electron chi connectivity index (χ2n) is 9.91. The lowest BCUT2D eigenvalue weighted by Gasteiger charge is -2.46. The number of carboxylic acids is 1. The molecule has 11 nitrogen and oxygen atoms in total. The molecule has 3 fully saturated rings. The van der Waals surface area contributed by atoms with Crippen LogP contribution in [0.5, 0.6) is 0 Å². The van der Waals surface area contributed by atoms with Crippen LogP contribution < -0.4 is 11.1 Å². The maximum atomic E-state index is 13.1. The molecule has 0 aromatic heterocycles. The van der Waals surface area contributed by atoms with Crippen molar-refractivity contribution in [2.24, 2.45) is 23.5 Å². The Hall–Kier alpha value is -2.31.